The van der Waals surface area contributed by atoms with Gasteiger partial charge in [0.05, 0.1) is 12.2 Å². The molecule has 2 N–H and O–H groups in total. The lowest BCUT2D eigenvalue weighted by molar-refractivity contribution is -0.163. The highest BCUT2D eigenvalue weighted by Crippen LogP contribution is 2.11. The first-order chi connectivity index (χ1) is 4.88. The van der Waals surface area contributed by atoms with Gasteiger partial charge in [-0.25, -0.2) is 0 Å². The molecule has 0 aromatic rings. The molecule has 0 aromatic heterocycles. The average Bonchev–Trinajstić information content (AvgIpc) is 1.79. The van der Waals surface area contributed by atoms with Crippen molar-refractivity contribution >= 4 is 5.97 Å². The number of hydrogen-bond donors (Lipinski definition) is 2. The summed E-state index contributed by atoms with van der Waals surface area (Å²) in [4.78, 5) is 10.4. The highest BCUT2D eigenvalue weighted by atomic mass is 16.6. The van der Waals surface area contributed by atoms with Gasteiger partial charge in [0.1, 0.15) is 0 Å². The molecule has 0 amide bonds. The Kier molecular flexibility index (Phi) is 3.48. The predicted octanol–water partition coefficient (Wildman–Crippen LogP) is -0.319. The number of aliphatic hydroxyl groups excluding tert-OH is 1. The van der Waals surface area contributed by atoms with Gasteiger partial charge in [-0.3, -0.25) is 4.79 Å². The molecule has 0 bridgehead atoms. The lowest BCUT2D eigenvalue weighted by Gasteiger charge is -2.26. The average molecular weight is 162 g/mol. The molecule has 4 nitrogen and oxygen atoms in total. The number of rotatable bonds is 3. The molecule has 0 saturated heterocycles. The number of carbonyl (C=O) groups is 1. The van der Waals surface area contributed by atoms with Crippen LogP contribution in [0.1, 0.15) is 20.8 Å². The Morgan fingerprint density at radius 1 is 1.64 bits per heavy atom. The van der Waals surface area contributed by atoms with Gasteiger partial charge < -0.3 is 14.9 Å². The van der Waals surface area contributed by atoms with Crippen molar-refractivity contribution in [2.24, 2.45) is 0 Å². The molecule has 0 rings (SSSR count). The zero-order valence-electron chi connectivity index (χ0n) is 7.00. The summed E-state index contributed by atoms with van der Waals surface area (Å²) in [6.07, 6.45) is -0.847. The number of ether oxygens (including phenoxy) is 1. The Labute approximate surface area is 65.8 Å². The van der Waals surface area contributed by atoms with Crippen molar-refractivity contribution in [3.63, 3.8) is 0 Å². The van der Waals surface area contributed by atoms with Gasteiger partial charge in [-0.15, -0.1) is 0 Å². The Morgan fingerprint density at radius 3 is 2.18 bits per heavy atom. The first-order valence-electron chi connectivity index (χ1n) is 3.38. The summed E-state index contributed by atoms with van der Waals surface area (Å²) in [5, 5.41) is 18.0. The molecule has 0 heterocycles. The summed E-state index contributed by atoms with van der Waals surface area (Å²) in [5.41, 5.74) is -1.19. The minimum Gasteiger partial charge on any atom is -0.457 e. The Bertz CT molecular complexity index is 136. The third kappa shape index (κ3) is 3.95. The second kappa shape index (κ2) is 3.69. The minimum atomic E-state index is -1.19. The molecule has 1 unspecified atom stereocenters. The van der Waals surface area contributed by atoms with Crippen LogP contribution in [0.15, 0.2) is 0 Å². The van der Waals surface area contributed by atoms with E-state index >= 15 is 0 Å². The molecule has 0 radical (unpaired) electrons. The van der Waals surface area contributed by atoms with Crippen molar-refractivity contribution in [1.29, 1.82) is 0 Å². The van der Waals surface area contributed by atoms with Gasteiger partial charge in [0.15, 0.2) is 6.10 Å². The van der Waals surface area contributed by atoms with Crippen LogP contribution in [-0.4, -0.2) is 34.5 Å². The molecule has 11 heavy (non-hydrogen) atoms. The van der Waals surface area contributed by atoms with Crippen LogP contribution in [0.5, 0.6) is 0 Å². The van der Waals surface area contributed by atoms with E-state index in [4.69, 9.17) is 5.11 Å². The molecule has 0 fully saturated rings. The summed E-state index contributed by atoms with van der Waals surface area (Å²) in [5.74, 6) is -0.508. The molecule has 0 aromatic carbocycles. The summed E-state index contributed by atoms with van der Waals surface area (Å²) >= 11 is 0. The molecule has 4 heteroatoms. The maximum Gasteiger partial charge on any atom is 0.303 e. The van der Waals surface area contributed by atoms with Crippen LogP contribution < -0.4 is 0 Å². The largest absolute Gasteiger partial charge is 0.457 e. The van der Waals surface area contributed by atoms with Gasteiger partial charge in [-0.2, -0.15) is 0 Å². The van der Waals surface area contributed by atoms with Gasteiger partial charge >= 0.3 is 5.97 Å². The van der Waals surface area contributed by atoms with E-state index < -0.39 is 17.7 Å². The number of hydrogen-bond acceptors (Lipinski definition) is 4. The van der Waals surface area contributed by atoms with Crippen LogP contribution in [0, 0.1) is 0 Å². The highest BCUT2D eigenvalue weighted by molar-refractivity contribution is 5.66. The van der Waals surface area contributed by atoms with E-state index in [-0.39, 0.29) is 6.61 Å². The first kappa shape index (κ1) is 10.4. The van der Waals surface area contributed by atoms with E-state index in [2.05, 4.69) is 4.74 Å². The minimum absolute atomic E-state index is 0.372. The van der Waals surface area contributed by atoms with Crippen molar-refractivity contribution in [1.82, 2.24) is 0 Å². The van der Waals surface area contributed by atoms with Gasteiger partial charge in [0.25, 0.3) is 0 Å². The normalized spacial score (nSPS) is 14.3. The van der Waals surface area contributed by atoms with Crippen molar-refractivity contribution in [2.75, 3.05) is 6.61 Å². The van der Waals surface area contributed by atoms with E-state index in [1.54, 1.807) is 0 Å². The van der Waals surface area contributed by atoms with E-state index in [0.29, 0.717) is 0 Å². The second-order valence-electron chi connectivity index (χ2n) is 2.93. The van der Waals surface area contributed by atoms with Crippen LogP contribution in [0.25, 0.3) is 0 Å². The fraction of sp³-hybridized carbons (Fsp3) is 0.857. The van der Waals surface area contributed by atoms with Crippen LogP contribution in [0.3, 0.4) is 0 Å². The van der Waals surface area contributed by atoms with E-state index in [1.807, 2.05) is 0 Å². The molecule has 0 aliphatic carbocycles. The molecule has 66 valence electrons. The van der Waals surface area contributed by atoms with E-state index in [9.17, 15) is 9.90 Å². The zero-order valence-corrected chi connectivity index (χ0v) is 7.00. The topological polar surface area (TPSA) is 66.8 Å². The molecular weight excluding hydrogens is 148 g/mol. The van der Waals surface area contributed by atoms with Crippen molar-refractivity contribution in [2.45, 2.75) is 32.5 Å². The molecule has 0 aliphatic heterocycles. The van der Waals surface area contributed by atoms with Crippen molar-refractivity contribution in [3.8, 4) is 0 Å². The Morgan fingerprint density at radius 2 is 2.09 bits per heavy atom. The second-order valence-corrected chi connectivity index (χ2v) is 2.93. The maximum atomic E-state index is 10.4. The fourth-order valence-corrected chi connectivity index (χ4v) is 0.605. The molecule has 1 atom stereocenters. The van der Waals surface area contributed by atoms with Gasteiger partial charge in [0.2, 0.25) is 0 Å². The summed E-state index contributed by atoms with van der Waals surface area (Å²) in [6.45, 7) is 3.80. The van der Waals surface area contributed by atoms with Gasteiger partial charge in [-0.1, -0.05) is 0 Å². The monoisotopic (exact) mass is 162 g/mol. The lowest BCUT2D eigenvalue weighted by atomic mass is 10.0. The van der Waals surface area contributed by atoms with Crippen LogP contribution in [0.2, 0.25) is 0 Å². The molecular formula is C7H14O4. The standard InChI is InChI=1S/C7H14O4/c1-5(9)11-6(4-8)7(2,3)10/h6,8,10H,4H2,1-3H3. The van der Waals surface area contributed by atoms with Crippen molar-refractivity contribution < 1.29 is 19.7 Å². The van der Waals surface area contributed by atoms with E-state index in [0.717, 1.165) is 0 Å². The first-order valence-corrected chi connectivity index (χ1v) is 3.38. The van der Waals surface area contributed by atoms with Crippen LogP contribution in [0.4, 0.5) is 0 Å². The van der Waals surface area contributed by atoms with Gasteiger partial charge in [0, 0.05) is 6.92 Å². The maximum absolute atomic E-state index is 10.4. The van der Waals surface area contributed by atoms with Gasteiger partial charge in [-0.05, 0) is 13.8 Å². The predicted molar refractivity (Wildman–Crippen MR) is 38.9 cm³/mol. The Balaban J connectivity index is 4.07. The van der Waals surface area contributed by atoms with Crippen LogP contribution in [-0.2, 0) is 9.53 Å². The molecule has 0 aliphatic rings. The third-order valence-corrected chi connectivity index (χ3v) is 1.26. The fourth-order valence-electron chi connectivity index (χ4n) is 0.605. The third-order valence-electron chi connectivity index (χ3n) is 1.26. The van der Waals surface area contributed by atoms with E-state index in [1.165, 1.54) is 20.8 Å². The van der Waals surface area contributed by atoms with Crippen molar-refractivity contribution in [3.05, 3.63) is 0 Å². The highest BCUT2D eigenvalue weighted by Gasteiger charge is 2.28. The number of aliphatic hydroxyl groups is 2. The molecule has 0 spiro atoms. The SMILES string of the molecule is CC(=O)OC(CO)C(C)(C)O. The van der Waals surface area contributed by atoms with Crippen LogP contribution >= 0.6 is 0 Å². The summed E-state index contributed by atoms with van der Waals surface area (Å²) < 4.78 is 4.62. The molecule has 0 saturated carbocycles. The number of carbonyl (C=O) groups excluding carboxylic acids is 1. The quantitative estimate of drug-likeness (QED) is 0.558. The zero-order chi connectivity index (χ0) is 9.07. The summed E-state index contributed by atoms with van der Waals surface area (Å²) in [6, 6.07) is 0. The smallest absolute Gasteiger partial charge is 0.303 e. The Hall–Kier alpha value is -0.610. The lowest BCUT2D eigenvalue weighted by Crippen LogP contribution is -2.41. The number of esters is 1. The summed E-state index contributed by atoms with van der Waals surface area (Å²) in [7, 11) is 0.